The van der Waals surface area contributed by atoms with Crippen LogP contribution in [-0.4, -0.2) is 25.0 Å². The zero-order valence-corrected chi connectivity index (χ0v) is 16.9. The standard InChI is InChI=1S/C22H29N3O3/c1-15(2)14-28-20-8-6-5-7-19(20)23-13-21(26)24-17-9-11-18(12-10-17)25-22(27)16(3)4/h5-12,15-16,23H,13-14H2,1-4H3,(H,24,26)(H,25,27). The van der Waals surface area contributed by atoms with Crippen LogP contribution in [0.15, 0.2) is 48.5 Å². The third-order valence-electron chi connectivity index (χ3n) is 3.86. The number of hydrogen-bond acceptors (Lipinski definition) is 4. The highest BCUT2D eigenvalue weighted by atomic mass is 16.5. The van der Waals surface area contributed by atoms with Crippen molar-refractivity contribution >= 4 is 28.9 Å². The van der Waals surface area contributed by atoms with E-state index >= 15 is 0 Å². The Morgan fingerprint density at radius 3 is 2.11 bits per heavy atom. The van der Waals surface area contributed by atoms with Crippen molar-refractivity contribution < 1.29 is 14.3 Å². The lowest BCUT2D eigenvalue weighted by molar-refractivity contribution is -0.119. The molecule has 2 aromatic carbocycles. The molecule has 0 aromatic heterocycles. The first-order chi connectivity index (χ1) is 13.3. The van der Waals surface area contributed by atoms with Crippen molar-refractivity contribution in [3.05, 3.63) is 48.5 Å². The van der Waals surface area contributed by atoms with Crippen LogP contribution in [0.3, 0.4) is 0 Å². The van der Waals surface area contributed by atoms with E-state index in [1.165, 1.54) is 0 Å². The van der Waals surface area contributed by atoms with Crippen LogP contribution in [0.2, 0.25) is 0 Å². The minimum Gasteiger partial charge on any atom is -0.491 e. The van der Waals surface area contributed by atoms with E-state index in [0.717, 1.165) is 11.4 Å². The maximum atomic E-state index is 12.2. The average molecular weight is 383 g/mol. The summed E-state index contributed by atoms with van der Waals surface area (Å²) in [4.78, 5) is 23.9. The third kappa shape index (κ3) is 6.95. The van der Waals surface area contributed by atoms with Gasteiger partial charge in [-0.2, -0.15) is 0 Å². The van der Waals surface area contributed by atoms with Gasteiger partial charge in [0.2, 0.25) is 11.8 Å². The first kappa shape index (κ1) is 21.3. The molecule has 0 aliphatic carbocycles. The van der Waals surface area contributed by atoms with Crippen LogP contribution < -0.4 is 20.7 Å². The smallest absolute Gasteiger partial charge is 0.243 e. The number of carbonyl (C=O) groups excluding carboxylic acids is 2. The zero-order chi connectivity index (χ0) is 20.5. The van der Waals surface area contributed by atoms with Gasteiger partial charge in [-0.05, 0) is 42.3 Å². The zero-order valence-electron chi connectivity index (χ0n) is 16.9. The molecule has 2 amide bonds. The van der Waals surface area contributed by atoms with E-state index in [4.69, 9.17) is 4.74 Å². The normalized spacial score (nSPS) is 10.6. The number of anilines is 3. The van der Waals surface area contributed by atoms with Crippen molar-refractivity contribution in [3.8, 4) is 5.75 Å². The third-order valence-corrected chi connectivity index (χ3v) is 3.86. The van der Waals surface area contributed by atoms with E-state index < -0.39 is 0 Å². The second-order valence-corrected chi connectivity index (χ2v) is 7.32. The summed E-state index contributed by atoms with van der Waals surface area (Å²) in [5.74, 6) is 0.855. The van der Waals surface area contributed by atoms with Gasteiger partial charge in [0, 0.05) is 17.3 Å². The van der Waals surface area contributed by atoms with Crippen LogP contribution >= 0.6 is 0 Å². The summed E-state index contributed by atoms with van der Waals surface area (Å²) in [6.07, 6.45) is 0. The Morgan fingerprint density at radius 1 is 0.893 bits per heavy atom. The highest BCUT2D eigenvalue weighted by Crippen LogP contribution is 2.24. The lowest BCUT2D eigenvalue weighted by atomic mass is 10.2. The Bertz CT molecular complexity index is 786. The van der Waals surface area contributed by atoms with Crippen molar-refractivity contribution in [2.24, 2.45) is 11.8 Å². The summed E-state index contributed by atoms with van der Waals surface area (Å²) in [7, 11) is 0. The minimum atomic E-state index is -0.169. The lowest BCUT2D eigenvalue weighted by Crippen LogP contribution is -2.22. The molecule has 2 rings (SSSR count). The number of amides is 2. The van der Waals surface area contributed by atoms with Gasteiger partial charge in [-0.25, -0.2) is 0 Å². The molecule has 6 heteroatoms. The minimum absolute atomic E-state index is 0.0423. The number of benzene rings is 2. The summed E-state index contributed by atoms with van der Waals surface area (Å²) in [5.41, 5.74) is 2.15. The molecule has 0 heterocycles. The quantitative estimate of drug-likeness (QED) is 0.601. The summed E-state index contributed by atoms with van der Waals surface area (Å²) < 4.78 is 5.78. The van der Waals surface area contributed by atoms with Gasteiger partial charge in [-0.1, -0.05) is 39.8 Å². The summed E-state index contributed by atoms with van der Waals surface area (Å²) >= 11 is 0. The van der Waals surface area contributed by atoms with Gasteiger partial charge in [0.05, 0.1) is 18.8 Å². The molecule has 0 saturated carbocycles. The maximum absolute atomic E-state index is 12.2. The molecule has 0 fully saturated rings. The lowest BCUT2D eigenvalue weighted by Gasteiger charge is -2.14. The van der Waals surface area contributed by atoms with Gasteiger partial charge in [0.1, 0.15) is 5.75 Å². The Balaban J connectivity index is 1.87. The molecule has 28 heavy (non-hydrogen) atoms. The molecule has 150 valence electrons. The predicted molar refractivity (Wildman–Crippen MR) is 114 cm³/mol. The molecule has 0 unspecified atom stereocenters. The molecule has 0 atom stereocenters. The van der Waals surface area contributed by atoms with Crippen molar-refractivity contribution in [1.82, 2.24) is 0 Å². The van der Waals surface area contributed by atoms with Gasteiger partial charge >= 0.3 is 0 Å². The first-order valence-electron chi connectivity index (χ1n) is 9.51. The SMILES string of the molecule is CC(C)COc1ccccc1NCC(=O)Nc1ccc(NC(=O)C(C)C)cc1. The van der Waals surface area contributed by atoms with E-state index in [1.807, 2.05) is 38.1 Å². The summed E-state index contributed by atoms with van der Waals surface area (Å²) in [6, 6.07) is 14.6. The van der Waals surface area contributed by atoms with Gasteiger partial charge in [-0.3, -0.25) is 9.59 Å². The Kier molecular flexibility index (Phi) is 7.87. The molecule has 0 spiro atoms. The van der Waals surface area contributed by atoms with E-state index in [2.05, 4.69) is 29.8 Å². The predicted octanol–water partition coefficient (Wildman–Crippen LogP) is 4.37. The van der Waals surface area contributed by atoms with Crippen LogP contribution in [0, 0.1) is 11.8 Å². The first-order valence-corrected chi connectivity index (χ1v) is 9.51. The highest BCUT2D eigenvalue weighted by molar-refractivity contribution is 5.95. The van der Waals surface area contributed by atoms with E-state index in [-0.39, 0.29) is 24.3 Å². The van der Waals surface area contributed by atoms with Crippen LogP contribution in [0.5, 0.6) is 5.75 Å². The van der Waals surface area contributed by atoms with E-state index in [0.29, 0.717) is 23.9 Å². The van der Waals surface area contributed by atoms with E-state index in [9.17, 15) is 9.59 Å². The number of hydrogen-bond donors (Lipinski definition) is 3. The molecule has 0 bridgehead atoms. The van der Waals surface area contributed by atoms with Crippen LogP contribution in [-0.2, 0) is 9.59 Å². The van der Waals surface area contributed by atoms with Crippen molar-refractivity contribution in [1.29, 1.82) is 0 Å². The highest BCUT2D eigenvalue weighted by Gasteiger charge is 2.09. The second kappa shape index (κ2) is 10.3. The van der Waals surface area contributed by atoms with E-state index in [1.54, 1.807) is 24.3 Å². The number of nitrogens with one attached hydrogen (secondary N) is 3. The average Bonchev–Trinajstić information content (AvgIpc) is 2.66. The number of carbonyl (C=O) groups is 2. The second-order valence-electron chi connectivity index (χ2n) is 7.32. The molecule has 6 nitrogen and oxygen atoms in total. The maximum Gasteiger partial charge on any atom is 0.243 e. The topological polar surface area (TPSA) is 79.5 Å². The molecule has 0 aliphatic rings. The fourth-order valence-corrected chi connectivity index (χ4v) is 2.30. The van der Waals surface area contributed by atoms with Crippen LogP contribution in [0.4, 0.5) is 17.1 Å². The Hall–Kier alpha value is -3.02. The number of ether oxygens (including phenoxy) is 1. The monoisotopic (exact) mass is 383 g/mol. The Morgan fingerprint density at radius 2 is 1.50 bits per heavy atom. The Labute approximate surface area is 166 Å². The van der Waals surface area contributed by atoms with Gasteiger partial charge < -0.3 is 20.7 Å². The fourth-order valence-electron chi connectivity index (χ4n) is 2.30. The fraction of sp³-hybridized carbons (Fsp3) is 0.364. The molecule has 0 saturated heterocycles. The van der Waals surface area contributed by atoms with Crippen LogP contribution in [0.1, 0.15) is 27.7 Å². The molecular weight excluding hydrogens is 354 g/mol. The van der Waals surface area contributed by atoms with Crippen molar-refractivity contribution in [3.63, 3.8) is 0 Å². The summed E-state index contributed by atoms with van der Waals surface area (Å²) in [5, 5.41) is 8.76. The van der Waals surface area contributed by atoms with Crippen molar-refractivity contribution in [2.45, 2.75) is 27.7 Å². The number of para-hydroxylation sites is 2. The molecule has 0 aliphatic heterocycles. The molecule has 2 aromatic rings. The number of rotatable bonds is 9. The van der Waals surface area contributed by atoms with Gasteiger partial charge in [0.25, 0.3) is 0 Å². The molecule has 3 N–H and O–H groups in total. The van der Waals surface area contributed by atoms with Gasteiger partial charge in [0.15, 0.2) is 0 Å². The van der Waals surface area contributed by atoms with Crippen LogP contribution in [0.25, 0.3) is 0 Å². The van der Waals surface area contributed by atoms with Crippen molar-refractivity contribution in [2.75, 3.05) is 29.1 Å². The summed E-state index contributed by atoms with van der Waals surface area (Å²) in [6.45, 7) is 8.58. The molecular formula is C22H29N3O3. The molecule has 0 radical (unpaired) electrons. The largest absolute Gasteiger partial charge is 0.491 e. The van der Waals surface area contributed by atoms with Gasteiger partial charge in [-0.15, -0.1) is 0 Å².